The zero-order valence-electron chi connectivity index (χ0n) is 15.7. The topological polar surface area (TPSA) is 89.0 Å². The van der Waals surface area contributed by atoms with Crippen LogP contribution >= 0.6 is 34.8 Å². The average molecular weight is 469 g/mol. The Kier molecular flexibility index (Phi) is 8.81. The number of hydrogen-bond donors (Lipinski definition) is 2. The molecule has 2 aromatic rings. The van der Waals surface area contributed by atoms with E-state index in [1.807, 2.05) is 0 Å². The minimum absolute atomic E-state index is 0.0298. The molecule has 0 spiro atoms. The molecular weight excluding hydrogens is 453 g/mol. The Morgan fingerprint density at radius 2 is 1.97 bits per heavy atom. The Labute approximate surface area is 188 Å². The van der Waals surface area contributed by atoms with Crippen LogP contribution in [0.15, 0.2) is 35.4 Å². The van der Waals surface area contributed by atoms with Gasteiger partial charge in [0.05, 0.1) is 34.1 Å². The first-order chi connectivity index (χ1) is 14.3. The first kappa shape index (κ1) is 23.4. The summed E-state index contributed by atoms with van der Waals surface area (Å²) in [5.74, 6) is 1.78. The highest BCUT2D eigenvalue weighted by Crippen LogP contribution is 2.36. The molecule has 0 bridgehead atoms. The molecule has 0 aliphatic carbocycles. The molecule has 0 saturated heterocycles. The van der Waals surface area contributed by atoms with Crippen LogP contribution < -0.4 is 20.2 Å². The second-order valence-electron chi connectivity index (χ2n) is 5.65. The highest BCUT2D eigenvalue weighted by atomic mass is 35.5. The summed E-state index contributed by atoms with van der Waals surface area (Å²) >= 11 is 18.0. The monoisotopic (exact) mass is 467 g/mol. The van der Waals surface area contributed by atoms with E-state index in [1.165, 1.54) is 13.3 Å². The van der Waals surface area contributed by atoms with E-state index in [4.69, 9.17) is 50.7 Å². The third kappa shape index (κ3) is 6.56. The largest absolute Gasteiger partial charge is 0.493 e. The number of halogens is 3. The van der Waals surface area contributed by atoms with E-state index in [1.54, 1.807) is 30.3 Å². The summed E-state index contributed by atoms with van der Waals surface area (Å²) in [5, 5.41) is 7.04. The van der Waals surface area contributed by atoms with Crippen LogP contribution in [0.5, 0.6) is 11.5 Å². The molecule has 0 aliphatic heterocycles. The number of hydrazone groups is 1. The van der Waals surface area contributed by atoms with Gasteiger partial charge in [0.15, 0.2) is 11.5 Å². The number of amides is 2. The minimum Gasteiger partial charge on any atom is -0.493 e. The number of nitrogens with zero attached hydrogens (tertiary/aromatic N) is 1. The molecule has 0 atom stereocenters. The van der Waals surface area contributed by atoms with Crippen molar-refractivity contribution in [3.8, 4) is 23.8 Å². The normalized spacial score (nSPS) is 10.4. The van der Waals surface area contributed by atoms with Crippen molar-refractivity contribution >= 4 is 58.5 Å². The van der Waals surface area contributed by atoms with E-state index in [2.05, 4.69) is 21.8 Å². The number of terminal acetylenes is 1. The molecule has 2 N–H and O–H groups in total. The Balaban J connectivity index is 1.95. The van der Waals surface area contributed by atoms with Gasteiger partial charge in [-0.15, -0.1) is 6.42 Å². The van der Waals surface area contributed by atoms with E-state index < -0.39 is 18.2 Å². The number of anilines is 1. The van der Waals surface area contributed by atoms with Crippen LogP contribution in [-0.4, -0.2) is 31.7 Å². The second kappa shape index (κ2) is 11.3. The maximum absolute atomic E-state index is 12.0. The van der Waals surface area contributed by atoms with Gasteiger partial charge in [0, 0.05) is 0 Å². The lowest BCUT2D eigenvalue weighted by molar-refractivity contribution is -0.126. The van der Waals surface area contributed by atoms with Crippen molar-refractivity contribution in [1.29, 1.82) is 0 Å². The quantitative estimate of drug-likeness (QED) is 0.264. The van der Waals surface area contributed by atoms with Gasteiger partial charge in [-0.05, 0) is 29.8 Å². The highest BCUT2D eigenvalue weighted by molar-refractivity contribution is 6.44. The zero-order valence-corrected chi connectivity index (χ0v) is 17.9. The van der Waals surface area contributed by atoms with E-state index in [9.17, 15) is 9.59 Å². The van der Waals surface area contributed by atoms with Crippen LogP contribution in [-0.2, 0) is 9.59 Å². The number of benzene rings is 2. The lowest BCUT2D eigenvalue weighted by Crippen LogP contribution is -2.24. The molecule has 0 radical (unpaired) electrons. The van der Waals surface area contributed by atoms with Gasteiger partial charge < -0.3 is 14.8 Å². The predicted molar refractivity (Wildman–Crippen MR) is 118 cm³/mol. The van der Waals surface area contributed by atoms with Crippen molar-refractivity contribution in [2.45, 2.75) is 6.42 Å². The van der Waals surface area contributed by atoms with E-state index in [-0.39, 0.29) is 21.7 Å². The maximum atomic E-state index is 12.0. The molecular formula is C20H16Cl3N3O4. The molecule has 2 aromatic carbocycles. The lowest BCUT2D eigenvalue weighted by atomic mass is 10.2. The van der Waals surface area contributed by atoms with Gasteiger partial charge >= 0.3 is 0 Å². The molecule has 0 aromatic heterocycles. The number of carbonyl (C=O) groups is 2. The summed E-state index contributed by atoms with van der Waals surface area (Å²) in [6.07, 6.45) is 6.04. The van der Waals surface area contributed by atoms with E-state index in [0.29, 0.717) is 22.7 Å². The molecule has 2 rings (SSSR count). The third-order valence-electron chi connectivity index (χ3n) is 3.50. The maximum Gasteiger partial charge on any atom is 0.249 e. The summed E-state index contributed by atoms with van der Waals surface area (Å²) in [7, 11) is 1.45. The van der Waals surface area contributed by atoms with Crippen LogP contribution in [0.4, 0.5) is 5.69 Å². The van der Waals surface area contributed by atoms with Crippen molar-refractivity contribution in [3.05, 3.63) is 51.0 Å². The fourth-order valence-electron chi connectivity index (χ4n) is 2.23. The fraction of sp³-hybridized carbons (Fsp3) is 0.150. The smallest absolute Gasteiger partial charge is 0.249 e. The van der Waals surface area contributed by atoms with Crippen molar-refractivity contribution in [2.24, 2.45) is 5.10 Å². The minimum atomic E-state index is -0.631. The molecule has 0 unspecified atom stereocenters. The molecule has 0 fully saturated rings. The average Bonchev–Trinajstić information content (AvgIpc) is 2.70. The first-order valence-corrected chi connectivity index (χ1v) is 9.48. The van der Waals surface area contributed by atoms with Crippen LogP contribution in [0.1, 0.15) is 12.0 Å². The second-order valence-corrected chi connectivity index (χ2v) is 6.84. The van der Waals surface area contributed by atoms with Gasteiger partial charge in [-0.25, -0.2) is 5.43 Å². The molecule has 156 valence electrons. The molecule has 0 heterocycles. The fourth-order valence-corrected chi connectivity index (χ4v) is 2.85. The van der Waals surface area contributed by atoms with Crippen LogP contribution in [0.3, 0.4) is 0 Å². The third-order valence-corrected chi connectivity index (χ3v) is 4.60. The van der Waals surface area contributed by atoms with E-state index in [0.717, 1.165) is 0 Å². The summed E-state index contributed by atoms with van der Waals surface area (Å²) < 4.78 is 10.6. The summed E-state index contributed by atoms with van der Waals surface area (Å²) in [5.41, 5.74) is 3.08. The lowest BCUT2D eigenvalue weighted by Gasteiger charge is -2.11. The first-order valence-electron chi connectivity index (χ1n) is 8.35. The Hall–Kier alpha value is -2.92. The van der Waals surface area contributed by atoms with Gasteiger partial charge in [0.25, 0.3) is 0 Å². The van der Waals surface area contributed by atoms with Crippen molar-refractivity contribution in [1.82, 2.24) is 5.43 Å². The molecule has 7 nitrogen and oxygen atoms in total. The SMILES string of the molecule is C#CCOc1c(Cl)cc(C=NNC(=O)CC(=O)Nc2cccc(Cl)c2Cl)cc1OC. The molecule has 0 saturated carbocycles. The van der Waals surface area contributed by atoms with Crippen LogP contribution in [0, 0.1) is 12.3 Å². The molecule has 30 heavy (non-hydrogen) atoms. The number of nitrogens with one attached hydrogen (secondary N) is 2. The predicted octanol–water partition coefficient (Wildman–Crippen LogP) is 4.15. The Morgan fingerprint density at radius 3 is 2.67 bits per heavy atom. The van der Waals surface area contributed by atoms with Gasteiger partial charge in [-0.1, -0.05) is 46.8 Å². The molecule has 0 aliphatic rings. The van der Waals surface area contributed by atoms with Gasteiger partial charge in [0.1, 0.15) is 13.0 Å². The van der Waals surface area contributed by atoms with Crippen molar-refractivity contribution in [2.75, 3.05) is 19.0 Å². The molecule has 10 heteroatoms. The van der Waals surface area contributed by atoms with Crippen LogP contribution in [0.2, 0.25) is 15.1 Å². The zero-order chi connectivity index (χ0) is 22.1. The van der Waals surface area contributed by atoms with Crippen molar-refractivity contribution in [3.63, 3.8) is 0 Å². The standard InChI is InChI=1S/C20H16Cl3N3O4/c1-3-7-30-20-14(22)8-12(9-16(20)29-2)11-24-26-18(28)10-17(27)25-15-6-4-5-13(21)19(15)23/h1,4-6,8-9,11H,7,10H2,2H3,(H,25,27)(H,26,28). The number of methoxy groups -OCH3 is 1. The number of rotatable bonds is 8. The number of ether oxygens (including phenoxy) is 2. The van der Waals surface area contributed by atoms with Crippen LogP contribution in [0.25, 0.3) is 0 Å². The van der Waals surface area contributed by atoms with E-state index >= 15 is 0 Å². The summed E-state index contributed by atoms with van der Waals surface area (Å²) in [6, 6.07) is 7.92. The van der Waals surface area contributed by atoms with Gasteiger partial charge in [-0.2, -0.15) is 5.10 Å². The summed E-state index contributed by atoms with van der Waals surface area (Å²) in [6.45, 7) is 0.0298. The Morgan fingerprint density at radius 1 is 1.20 bits per heavy atom. The summed E-state index contributed by atoms with van der Waals surface area (Å²) in [4.78, 5) is 23.9. The van der Waals surface area contributed by atoms with Crippen molar-refractivity contribution < 1.29 is 19.1 Å². The van der Waals surface area contributed by atoms with Gasteiger partial charge in [0.2, 0.25) is 11.8 Å². The molecule has 2 amide bonds. The Bertz CT molecular complexity index is 1020. The van der Waals surface area contributed by atoms with Gasteiger partial charge in [-0.3, -0.25) is 9.59 Å². The number of carbonyl (C=O) groups excluding carboxylic acids is 2. The highest BCUT2D eigenvalue weighted by Gasteiger charge is 2.13. The number of hydrogen-bond acceptors (Lipinski definition) is 5.